The minimum atomic E-state index is -0.601. The van der Waals surface area contributed by atoms with Gasteiger partial charge in [-0.25, -0.2) is 5.11 Å². The second-order valence-corrected chi connectivity index (χ2v) is 2.67. The van der Waals surface area contributed by atoms with Gasteiger partial charge in [0, 0.05) is 0 Å². The van der Waals surface area contributed by atoms with E-state index < -0.39 is 6.10 Å². The van der Waals surface area contributed by atoms with E-state index in [0.29, 0.717) is 6.42 Å². The average molecular weight is 165 g/mol. The van der Waals surface area contributed by atoms with Gasteiger partial charge < -0.3 is 4.74 Å². The van der Waals surface area contributed by atoms with E-state index in [1.807, 2.05) is 31.2 Å². The first-order valence-corrected chi connectivity index (χ1v) is 4.07. The van der Waals surface area contributed by atoms with Gasteiger partial charge >= 0.3 is 0 Å². The van der Waals surface area contributed by atoms with E-state index in [4.69, 9.17) is 4.74 Å². The van der Waals surface area contributed by atoms with Crippen molar-refractivity contribution in [3.05, 3.63) is 29.8 Å². The molecule has 65 valence electrons. The Morgan fingerprint density at radius 3 is 2.33 bits per heavy atom. The third-order valence-electron chi connectivity index (χ3n) is 1.86. The van der Waals surface area contributed by atoms with Crippen LogP contribution in [-0.4, -0.2) is 7.11 Å². The number of methoxy groups -OCH3 is 1. The van der Waals surface area contributed by atoms with Crippen LogP contribution < -0.4 is 4.74 Å². The van der Waals surface area contributed by atoms with E-state index >= 15 is 0 Å². The monoisotopic (exact) mass is 165 g/mol. The van der Waals surface area contributed by atoms with E-state index in [2.05, 4.69) is 0 Å². The van der Waals surface area contributed by atoms with Gasteiger partial charge in [0.25, 0.3) is 0 Å². The maximum absolute atomic E-state index is 11.3. The Kier molecular flexibility index (Phi) is 3.11. The lowest BCUT2D eigenvalue weighted by Gasteiger charge is -2.05. The molecule has 1 radical (unpaired) electrons. The molecule has 0 aliphatic rings. The fourth-order valence-corrected chi connectivity index (χ4v) is 1.05. The van der Waals surface area contributed by atoms with Gasteiger partial charge in [0.2, 0.25) is 0 Å². The number of hydrogen-bond acceptors (Lipinski definition) is 1. The molecule has 1 unspecified atom stereocenters. The second-order valence-electron chi connectivity index (χ2n) is 2.67. The molecule has 1 atom stereocenters. The lowest BCUT2D eigenvalue weighted by molar-refractivity contribution is 0.0857. The smallest absolute Gasteiger partial charge is 0.118 e. The Labute approximate surface area is 72.8 Å². The number of rotatable bonds is 3. The molecule has 0 amide bonds. The van der Waals surface area contributed by atoms with Gasteiger partial charge in [0.15, 0.2) is 0 Å². The van der Waals surface area contributed by atoms with E-state index in [9.17, 15) is 5.11 Å². The number of benzene rings is 1. The molecule has 2 heteroatoms. The summed E-state index contributed by atoms with van der Waals surface area (Å²) in [4.78, 5) is 0. The SMILES string of the molecule is CCC([O])c1ccc(OC)cc1. The van der Waals surface area contributed by atoms with Gasteiger partial charge in [-0.05, 0) is 24.1 Å². The van der Waals surface area contributed by atoms with Crippen LogP contribution in [0.2, 0.25) is 0 Å². The molecule has 0 saturated heterocycles. The van der Waals surface area contributed by atoms with Gasteiger partial charge in [-0.1, -0.05) is 19.1 Å². The zero-order valence-electron chi connectivity index (χ0n) is 7.41. The molecule has 0 spiro atoms. The first-order chi connectivity index (χ1) is 5.77. The van der Waals surface area contributed by atoms with Gasteiger partial charge in [0.05, 0.1) is 7.11 Å². The van der Waals surface area contributed by atoms with E-state index in [1.165, 1.54) is 0 Å². The summed E-state index contributed by atoms with van der Waals surface area (Å²) >= 11 is 0. The zero-order valence-corrected chi connectivity index (χ0v) is 7.41. The summed E-state index contributed by atoms with van der Waals surface area (Å²) in [6.07, 6.45) is 0.0303. The summed E-state index contributed by atoms with van der Waals surface area (Å²) in [5.74, 6) is 0.794. The summed E-state index contributed by atoms with van der Waals surface area (Å²) in [7, 11) is 1.61. The summed E-state index contributed by atoms with van der Waals surface area (Å²) in [5.41, 5.74) is 0.832. The van der Waals surface area contributed by atoms with Crippen LogP contribution in [0.3, 0.4) is 0 Å². The van der Waals surface area contributed by atoms with Crippen LogP contribution in [0, 0.1) is 0 Å². The number of ether oxygens (including phenoxy) is 1. The molecule has 0 fully saturated rings. The van der Waals surface area contributed by atoms with Crippen molar-refractivity contribution in [2.24, 2.45) is 0 Å². The van der Waals surface area contributed by atoms with Crippen LogP contribution >= 0.6 is 0 Å². The predicted molar refractivity (Wildman–Crippen MR) is 46.7 cm³/mol. The van der Waals surface area contributed by atoms with Crippen molar-refractivity contribution in [2.45, 2.75) is 19.4 Å². The highest BCUT2D eigenvalue weighted by Crippen LogP contribution is 2.19. The Balaban J connectivity index is 2.77. The first-order valence-electron chi connectivity index (χ1n) is 4.07. The van der Waals surface area contributed by atoms with Crippen molar-refractivity contribution in [1.29, 1.82) is 0 Å². The van der Waals surface area contributed by atoms with Crippen molar-refractivity contribution in [3.63, 3.8) is 0 Å². The van der Waals surface area contributed by atoms with E-state index in [0.717, 1.165) is 11.3 Å². The Hall–Kier alpha value is -1.02. The van der Waals surface area contributed by atoms with Gasteiger partial charge in [0.1, 0.15) is 11.9 Å². The minimum Gasteiger partial charge on any atom is -0.497 e. The molecule has 0 aromatic heterocycles. The summed E-state index contributed by atoms with van der Waals surface area (Å²) in [6.45, 7) is 1.89. The van der Waals surface area contributed by atoms with Crippen molar-refractivity contribution < 1.29 is 9.84 Å². The van der Waals surface area contributed by atoms with Crippen LogP contribution in [0.25, 0.3) is 0 Å². The Bertz CT molecular complexity index is 228. The normalized spacial score (nSPS) is 12.6. The Morgan fingerprint density at radius 2 is 1.92 bits per heavy atom. The lowest BCUT2D eigenvalue weighted by Crippen LogP contribution is -1.92. The largest absolute Gasteiger partial charge is 0.497 e. The third-order valence-corrected chi connectivity index (χ3v) is 1.86. The molecular formula is C10H13O2. The third kappa shape index (κ3) is 1.98. The minimum absolute atomic E-state index is 0.601. The maximum Gasteiger partial charge on any atom is 0.118 e. The molecule has 1 rings (SSSR count). The summed E-state index contributed by atoms with van der Waals surface area (Å²) in [6, 6.07) is 7.27. The lowest BCUT2D eigenvalue weighted by atomic mass is 10.1. The standard InChI is InChI=1S/C10H13O2/c1-3-10(11)8-4-6-9(12-2)7-5-8/h4-7,10H,3H2,1-2H3. The van der Waals surface area contributed by atoms with Crippen molar-refractivity contribution in [1.82, 2.24) is 0 Å². The molecular weight excluding hydrogens is 152 g/mol. The number of hydrogen-bond donors (Lipinski definition) is 0. The highest BCUT2D eigenvalue weighted by atomic mass is 16.5. The molecule has 0 aliphatic carbocycles. The van der Waals surface area contributed by atoms with Crippen molar-refractivity contribution in [3.8, 4) is 5.75 Å². The highest BCUT2D eigenvalue weighted by Gasteiger charge is 2.05. The molecule has 0 bridgehead atoms. The summed E-state index contributed by atoms with van der Waals surface area (Å²) < 4.78 is 4.98. The predicted octanol–water partition coefficient (Wildman–Crippen LogP) is 2.58. The van der Waals surface area contributed by atoms with E-state index in [1.54, 1.807) is 7.11 Å². The first kappa shape index (κ1) is 9.07. The fraction of sp³-hybridized carbons (Fsp3) is 0.400. The van der Waals surface area contributed by atoms with Crippen LogP contribution in [-0.2, 0) is 5.11 Å². The summed E-state index contributed by atoms with van der Waals surface area (Å²) in [5, 5.41) is 11.3. The molecule has 2 nitrogen and oxygen atoms in total. The molecule has 12 heavy (non-hydrogen) atoms. The molecule has 1 aromatic carbocycles. The van der Waals surface area contributed by atoms with Gasteiger partial charge in [-0.15, -0.1) is 0 Å². The maximum atomic E-state index is 11.3. The van der Waals surface area contributed by atoms with Gasteiger partial charge in [-0.3, -0.25) is 0 Å². The fourth-order valence-electron chi connectivity index (χ4n) is 1.05. The van der Waals surface area contributed by atoms with E-state index in [-0.39, 0.29) is 0 Å². The molecule has 0 saturated carbocycles. The second kappa shape index (κ2) is 4.12. The molecule has 0 N–H and O–H groups in total. The van der Waals surface area contributed by atoms with Crippen LogP contribution in [0.5, 0.6) is 5.75 Å². The zero-order chi connectivity index (χ0) is 8.97. The average Bonchev–Trinajstić information content (AvgIpc) is 2.17. The van der Waals surface area contributed by atoms with Crippen LogP contribution in [0.4, 0.5) is 0 Å². The topological polar surface area (TPSA) is 29.1 Å². The van der Waals surface area contributed by atoms with Gasteiger partial charge in [-0.2, -0.15) is 0 Å². The molecule has 1 aromatic rings. The highest BCUT2D eigenvalue weighted by molar-refractivity contribution is 5.28. The van der Waals surface area contributed by atoms with Crippen LogP contribution in [0.1, 0.15) is 25.0 Å². The quantitative estimate of drug-likeness (QED) is 0.676. The van der Waals surface area contributed by atoms with Crippen LogP contribution in [0.15, 0.2) is 24.3 Å². The molecule has 0 heterocycles. The van der Waals surface area contributed by atoms with Crippen molar-refractivity contribution in [2.75, 3.05) is 7.11 Å². The molecule has 0 aliphatic heterocycles. The van der Waals surface area contributed by atoms with Crippen molar-refractivity contribution >= 4 is 0 Å². The Morgan fingerprint density at radius 1 is 1.33 bits per heavy atom.